The highest BCUT2D eigenvalue weighted by atomic mass is 35.5. The topological polar surface area (TPSA) is 20.3 Å². The average molecular weight is 312 g/mol. The molecule has 0 spiro atoms. The fourth-order valence-corrected chi connectivity index (χ4v) is 2.84. The minimum atomic E-state index is -4.52. The molecule has 2 rings (SSSR count). The van der Waals surface area contributed by atoms with Crippen LogP contribution < -0.4 is 4.90 Å². The number of anilines is 1. The van der Waals surface area contributed by atoms with E-state index < -0.39 is 17.2 Å². The van der Waals surface area contributed by atoms with Gasteiger partial charge >= 0.3 is 6.18 Å². The first-order chi connectivity index (χ1) is 8.63. The van der Waals surface area contributed by atoms with Crippen LogP contribution in [0.25, 0.3) is 0 Å². The SMILES string of the molecule is CN1C(=O)C(C)(CCl)c2cc(C(F)(F)F)cc(Cl)c21. The number of alkyl halides is 4. The van der Waals surface area contributed by atoms with Gasteiger partial charge in [-0.05, 0) is 24.6 Å². The Morgan fingerprint density at radius 1 is 1.37 bits per heavy atom. The van der Waals surface area contributed by atoms with E-state index in [-0.39, 0.29) is 22.4 Å². The molecular formula is C12H10Cl2F3NO. The molecule has 0 saturated heterocycles. The quantitative estimate of drug-likeness (QED) is 0.722. The minimum Gasteiger partial charge on any atom is -0.313 e. The number of carbonyl (C=O) groups is 1. The first-order valence-electron chi connectivity index (χ1n) is 5.38. The molecule has 0 saturated carbocycles. The Balaban J connectivity index is 2.74. The molecule has 1 atom stereocenters. The number of hydrogen-bond donors (Lipinski definition) is 0. The molecule has 19 heavy (non-hydrogen) atoms. The Labute approximate surface area is 118 Å². The van der Waals surface area contributed by atoms with Crippen molar-refractivity contribution in [3.63, 3.8) is 0 Å². The monoisotopic (exact) mass is 311 g/mol. The summed E-state index contributed by atoms with van der Waals surface area (Å²) >= 11 is 11.7. The van der Waals surface area contributed by atoms with Crippen molar-refractivity contribution in [3.8, 4) is 0 Å². The molecule has 1 heterocycles. The second kappa shape index (κ2) is 4.28. The van der Waals surface area contributed by atoms with Gasteiger partial charge in [-0.15, -0.1) is 11.6 Å². The second-order valence-corrected chi connectivity index (χ2v) is 5.36. The molecule has 0 N–H and O–H groups in total. The minimum absolute atomic E-state index is 0.102. The van der Waals surface area contributed by atoms with Gasteiger partial charge in [0, 0.05) is 12.9 Å². The number of amides is 1. The van der Waals surface area contributed by atoms with Gasteiger partial charge in [-0.25, -0.2) is 0 Å². The van der Waals surface area contributed by atoms with E-state index in [4.69, 9.17) is 23.2 Å². The van der Waals surface area contributed by atoms with E-state index >= 15 is 0 Å². The highest BCUT2D eigenvalue weighted by Crippen LogP contribution is 2.48. The molecular weight excluding hydrogens is 302 g/mol. The molecule has 104 valence electrons. The summed E-state index contributed by atoms with van der Waals surface area (Å²) in [5.41, 5.74) is -1.55. The smallest absolute Gasteiger partial charge is 0.313 e. The highest BCUT2D eigenvalue weighted by Gasteiger charge is 2.48. The fourth-order valence-electron chi connectivity index (χ4n) is 2.24. The molecule has 7 heteroatoms. The normalized spacial score (nSPS) is 22.9. The van der Waals surface area contributed by atoms with Gasteiger partial charge in [-0.1, -0.05) is 11.6 Å². The largest absolute Gasteiger partial charge is 0.416 e. The molecule has 2 nitrogen and oxygen atoms in total. The lowest BCUT2D eigenvalue weighted by Gasteiger charge is -2.20. The van der Waals surface area contributed by atoms with Crippen LogP contribution in [-0.4, -0.2) is 18.8 Å². The Morgan fingerprint density at radius 2 is 1.95 bits per heavy atom. The van der Waals surface area contributed by atoms with Crippen LogP contribution in [-0.2, 0) is 16.4 Å². The van der Waals surface area contributed by atoms with Gasteiger partial charge in [0.05, 0.1) is 21.7 Å². The first kappa shape index (κ1) is 14.5. The van der Waals surface area contributed by atoms with Crippen LogP contribution in [0.1, 0.15) is 18.1 Å². The summed E-state index contributed by atoms with van der Waals surface area (Å²) in [5.74, 6) is -0.473. The molecule has 0 radical (unpaired) electrons. The van der Waals surface area contributed by atoms with Crippen molar-refractivity contribution >= 4 is 34.8 Å². The molecule has 1 amide bonds. The van der Waals surface area contributed by atoms with E-state index in [9.17, 15) is 18.0 Å². The summed E-state index contributed by atoms with van der Waals surface area (Å²) in [7, 11) is 1.47. The van der Waals surface area contributed by atoms with Crippen molar-refractivity contribution in [1.82, 2.24) is 0 Å². The number of nitrogens with zero attached hydrogens (tertiary/aromatic N) is 1. The van der Waals surface area contributed by atoms with Crippen molar-refractivity contribution in [2.75, 3.05) is 17.8 Å². The standard InChI is InChI=1S/C12H10Cl2F3NO/c1-11(5-13)7-3-6(12(15,16)17)4-8(14)9(7)18(2)10(11)19/h3-4H,5H2,1-2H3. The molecule has 1 aliphatic heterocycles. The maximum Gasteiger partial charge on any atom is 0.416 e. The number of hydrogen-bond acceptors (Lipinski definition) is 1. The van der Waals surface area contributed by atoms with Crippen LogP contribution >= 0.6 is 23.2 Å². The lowest BCUT2D eigenvalue weighted by molar-refractivity contribution is -0.137. The first-order valence-corrected chi connectivity index (χ1v) is 6.29. The van der Waals surface area contributed by atoms with Gasteiger partial charge in [-0.2, -0.15) is 13.2 Å². The predicted molar refractivity (Wildman–Crippen MR) is 67.9 cm³/mol. The summed E-state index contributed by atoms with van der Waals surface area (Å²) in [6, 6.07) is 1.77. The van der Waals surface area contributed by atoms with E-state index in [1.54, 1.807) is 0 Å². The van der Waals surface area contributed by atoms with Crippen LogP contribution in [0.5, 0.6) is 0 Å². The summed E-state index contributed by atoms with van der Waals surface area (Å²) in [4.78, 5) is 13.4. The molecule has 0 fully saturated rings. The van der Waals surface area contributed by atoms with E-state index in [0.29, 0.717) is 5.69 Å². The third-order valence-electron chi connectivity index (χ3n) is 3.36. The van der Waals surface area contributed by atoms with Crippen molar-refractivity contribution in [3.05, 3.63) is 28.3 Å². The maximum atomic E-state index is 12.8. The molecule has 1 aromatic rings. The molecule has 1 unspecified atom stereocenters. The van der Waals surface area contributed by atoms with E-state index in [2.05, 4.69) is 0 Å². The number of rotatable bonds is 1. The summed E-state index contributed by atoms with van der Waals surface area (Å²) in [5, 5.41) is -0.102. The Hall–Kier alpha value is -0.940. The predicted octanol–water partition coefficient (Wildman–Crippen LogP) is 3.83. The van der Waals surface area contributed by atoms with Crippen LogP contribution in [0.15, 0.2) is 12.1 Å². The van der Waals surface area contributed by atoms with Crippen molar-refractivity contribution in [2.45, 2.75) is 18.5 Å². The highest BCUT2D eigenvalue weighted by molar-refractivity contribution is 6.35. The van der Waals surface area contributed by atoms with E-state index in [1.165, 1.54) is 18.9 Å². The summed E-state index contributed by atoms with van der Waals surface area (Å²) < 4.78 is 38.4. The van der Waals surface area contributed by atoms with E-state index in [0.717, 1.165) is 12.1 Å². The molecule has 1 aromatic carbocycles. The summed E-state index contributed by atoms with van der Waals surface area (Å²) in [6.07, 6.45) is -4.52. The Kier molecular flexibility index (Phi) is 3.26. The average Bonchev–Trinajstić information content (AvgIpc) is 2.51. The van der Waals surface area contributed by atoms with Crippen molar-refractivity contribution < 1.29 is 18.0 Å². The van der Waals surface area contributed by atoms with Crippen LogP contribution in [0.4, 0.5) is 18.9 Å². The molecule has 0 bridgehead atoms. The molecule has 1 aliphatic rings. The van der Waals surface area contributed by atoms with Crippen LogP contribution in [0.2, 0.25) is 5.02 Å². The third kappa shape index (κ3) is 1.99. The third-order valence-corrected chi connectivity index (χ3v) is 4.19. The van der Waals surface area contributed by atoms with Gasteiger partial charge in [0.25, 0.3) is 0 Å². The van der Waals surface area contributed by atoms with Crippen LogP contribution in [0, 0.1) is 0 Å². The zero-order valence-corrected chi connectivity index (χ0v) is 11.6. The van der Waals surface area contributed by atoms with Gasteiger partial charge < -0.3 is 4.90 Å². The zero-order valence-electron chi connectivity index (χ0n) is 10.1. The van der Waals surface area contributed by atoms with E-state index in [1.807, 2.05) is 0 Å². The number of benzene rings is 1. The Morgan fingerprint density at radius 3 is 2.42 bits per heavy atom. The van der Waals surface area contributed by atoms with Crippen molar-refractivity contribution in [2.24, 2.45) is 0 Å². The number of fused-ring (bicyclic) bond motifs is 1. The van der Waals surface area contributed by atoms with Gasteiger partial charge in [0.1, 0.15) is 0 Å². The number of carbonyl (C=O) groups excluding carboxylic acids is 1. The van der Waals surface area contributed by atoms with Gasteiger partial charge in [0.2, 0.25) is 5.91 Å². The second-order valence-electron chi connectivity index (χ2n) is 4.68. The molecule has 0 aromatic heterocycles. The van der Waals surface area contributed by atoms with Crippen molar-refractivity contribution in [1.29, 1.82) is 0 Å². The number of likely N-dealkylation sites (N-methyl/N-ethyl adjacent to an activating group) is 1. The summed E-state index contributed by atoms with van der Waals surface area (Å²) in [6.45, 7) is 1.52. The zero-order chi connectivity index (χ0) is 14.6. The Bertz CT molecular complexity index is 559. The lowest BCUT2D eigenvalue weighted by Crippen LogP contribution is -2.37. The maximum absolute atomic E-state index is 12.8. The van der Waals surface area contributed by atoms with Gasteiger partial charge in [-0.3, -0.25) is 4.79 Å². The van der Waals surface area contributed by atoms with Crippen LogP contribution in [0.3, 0.4) is 0 Å². The van der Waals surface area contributed by atoms with Gasteiger partial charge in [0.15, 0.2) is 0 Å². The lowest BCUT2D eigenvalue weighted by atomic mass is 9.85. The number of halogens is 5. The fraction of sp³-hybridized carbons (Fsp3) is 0.417. The molecule has 0 aliphatic carbocycles.